The molecule has 2 rings (SSSR count). The molecular formula is C27H42N4O6. The zero-order valence-corrected chi connectivity index (χ0v) is 22.6. The minimum absolute atomic E-state index is 0.0845. The molecule has 1 saturated carbocycles. The molecule has 10 heteroatoms. The molecule has 0 radical (unpaired) electrons. The highest BCUT2D eigenvalue weighted by atomic mass is 16.5. The van der Waals surface area contributed by atoms with Gasteiger partial charge in [0.15, 0.2) is 0 Å². The zero-order valence-electron chi connectivity index (χ0n) is 22.6. The lowest BCUT2D eigenvalue weighted by Gasteiger charge is -2.23. The number of hydrogen-bond donors (Lipinski definition) is 4. The molecule has 4 N–H and O–H groups in total. The van der Waals surface area contributed by atoms with Crippen LogP contribution in [-0.4, -0.2) is 56.5 Å². The number of carbonyl (C=O) groups excluding carboxylic acids is 4. The number of Topliss-reactive ketones (excluding diaryl/α,β-unsaturated/α-hetero) is 1. The van der Waals surface area contributed by atoms with Crippen molar-refractivity contribution in [3.05, 3.63) is 23.8 Å². The Morgan fingerprint density at radius 1 is 0.919 bits per heavy atom. The van der Waals surface area contributed by atoms with Crippen LogP contribution in [0.15, 0.2) is 18.2 Å². The Labute approximate surface area is 219 Å². The molecule has 0 saturated heterocycles. The highest BCUT2D eigenvalue weighted by Gasteiger charge is 2.29. The molecule has 10 nitrogen and oxygen atoms in total. The van der Waals surface area contributed by atoms with Crippen LogP contribution in [0.2, 0.25) is 0 Å². The molecule has 4 amide bonds. The minimum atomic E-state index is -1.01. The van der Waals surface area contributed by atoms with E-state index in [-0.39, 0.29) is 18.9 Å². The van der Waals surface area contributed by atoms with E-state index in [9.17, 15) is 19.2 Å². The summed E-state index contributed by atoms with van der Waals surface area (Å²) >= 11 is 0. The first-order chi connectivity index (χ1) is 17.7. The van der Waals surface area contributed by atoms with Gasteiger partial charge in [0.2, 0.25) is 11.7 Å². The molecule has 0 aliphatic heterocycles. The summed E-state index contributed by atoms with van der Waals surface area (Å²) in [5.41, 5.74) is 0.694. The third-order valence-electron chi connectivity index (χ3n) is 6.48. The van der Waals surface area contributed by atoms with Gasteiger partial charge in [-0.3, -0.25) is 14.4 Å². The molecule has 1 fully saturated rings. The summed E-state index contributed by atoms with van der Waals surface area (Å²) < 4.78 is 10.5. The molecule has 1 aliphatic carbocycles. The van der Waals surface area contributed by atoms with Crippen LogP contribution < -0.4 is 30.7 Å². The van der Waals surface area contributed by atoms with E-state index in [0.717, 1.165) is 12.8 Å². The summed E-state index contributed by atoms with van der Waals surface area (Å²) in [7, 11) is 3.05. The fourth-order valence-corrected chi connectivity index (χ4v) is 4.39. The van der Waals surface area contributed by atoms with Crippen LogP contribution in [-0.2, 0) is 20.9 Å². The largest absolute Gasteiger partial charge is 0.497 e. The topological polar surface area (TPSA) is 135 Å². The van der Waals surface area contributed by atoms with Crippen molar-refractivity contribution in [3.8, 4) is 11.5 Å². The summed E-state index contributed by atoms with van der Waals surface area (Å²) in [6, 6.07) is 2.93. The third-order valence-corrected chi connectivity index (χ3v) is 6.48. The molecule has 1 aromatic rings. The summed E-state index contributed by atoms with van der Waals surface area (Å²) in [4.78, 5) is 50.9. The van der Waals surface area contributed by atoms with E-state index in [1.54, 1.807) is 25.1 Å². The minimum Gasteiger partial charge on any atom is -0.497 e. The van der Waals surface area contributed by atoms with Crippen LogP contribution in [0.5, 0.6) is 11.5 Å². The van der Waals surface area contributed by atoms with Gasteiger partial charge in [0, 0.05) is 19.2 Å². The molecular weight excluding hydrogens is 476 g/mol. The molecule has 0 heterocycles. The average Bonchev–Trinajstić information content (AvgIpc) is 3.41. The molecule has 0 aromatic heterocycles. The van der Waals surface area contributed by atoms with Gasteiger partial charge < -0.3 is 30.7 Å². The summed E-state index contributed by atoms with van der Waals surface area (Å²) in [5.74, 6) is -0.327. The summed E-state index contributed by atoms with van der Waals surface area (Å²) in [5, 5.41) is 10.9. The highest BCUT2D eigenvalue weighted by molar-refractivity contribution is 6.38. The number of carbonyl (C=O) groups is 4. The lowest BCUT2D eigenvalue weighted by molar-refractivity contribution is -0.140. The maximum absolute atomic E-state index is 13.0. The second-order valence-electron chi connectivity index (χ2n) is 9.92. The number of nitrogens with one attached hydrogen (secondary N) is 4. The Morgan fingerprint density at radius 3 is 2.08 bits per heavy atom. The van der Waals surface area contributed by atoms with Gasteiger partial charge in [-0.1, -0.05) is 33.6 Å². The first-order valence-electron chi connectivity index (χ1n) is 13.0. The van der Waals surface area contributed by atoms with Crippen molar-refractivity contribution in [1.29, 1.82) is 0 Å². The second-order valence-corrected chi connectivity index (χ2v) is 9.92. The van der Waals surface area contributed by atoms with Crippen LogP contribution >= 0.6 is 0 Å². The number of benzene rings is 1. The van der Waals surface area contributed by atoms with Gasteiger partial charge in [0.25, 0.3) is 5.91 Å². The van der Waals surface area contributed by atoms with Crippen LogP contribution in [0.3, 0.4) is 0 Å². The number of ether oxygens (including phenoxy) is 2. The van der Waals surface area contributed by atoms with Gasteiger partial charge in [-0.15, -0.1) is 0 Å². The Morgan fingerprint density at radius 2 is 1.54 bits per heavy atom. The van der Waals surface area contributed by atoms with Crippen molar-refractivity contribution in [2.24, 2.45) is 11.8 Å². The normalized spacial score (nSPS) is 15.0. The quantitative estimate of drug-likeness (QED) is 0.280. The molecule has 1 aromatic carbocycles. The van der Waals surface area contributed by atoms with E-state index >= 15 is 0 Å². The fourth-order valence-electron chi connectivity index (χ4n) is 4.39. The fraction of sp³-hybridized carbons (Fsp3) is 0.630. The third kappa shape index (κ3) is 9.93. The Balaban J connectivity index is 1.95. The average molecular weight is 519 g/mol. The molecule has 206 valence electrons. The van der Waals surface area contributed by atoms with E-state index in [1.807, 2.05) is 13.8 Å². The first kappa shape index (κ1) is 29.9. The number of rotatable bonds is 14. The first-order valence-corrected chi connectivity index (χ1v) is 13.0. The van der Waals surface area contributed by atoms with Gasteiger partial charge in [0.1, 0.15) is 17.5 Å². The number of urea groups is 1. The maximum Gasteiger partial charge on any atom is 0.315 e. The standard InChI is InChI=1S/C27H42N4O6/c1-6-22(24(32)26(34)28-16-19-12-20(36-4)14-21(13-19)37-5)30-25(33)23(11-17(2)3)31-27(35)29-15-18-9-7-8-10-18/h12-14,17-18,22-23H,6-11,15-16H2,1-5H3,(H,28,34)(H,30,33)(H2,29,31,35)/t22?,23-/m0/s1. The van der Waals surface area contributed by atoms with Gasteiger partial charge in [-0.25, -0.2) is 4.79 Å². The molecule has 37 heavy (non-hydrogen) atoms. The molecule has 1 unspecified atom stereocenters. The van der Waals surface area contributed by atoms with Crippen molar-refractivity contribution in [2.45, 2.75) is 77.9 Å². The van der Waals surface area contributed by atoms with Gasteiger partial charge in [-0.05, 0) is 55.2 Å². The van der Waals surface area contributed by atoms with Crippen LogP contribution in [0.25, 0.3) is 0 Å². The number of amides is 4. The van der Waals surface area contributed by atoms with E-state index < -0.39 is 35.7 Å². The van der Waals surface area contributed by atoms with E-state index in [1.165, 1.54) is 27.1 Å². The molecule has 0 spiro atoms. The van der Waals surface area contributed by atoms with Gasteiger partial charge in [0.05, 0.1) is 20.3 Å². The van der Waals surface area contributed by atoms with Gasteiger partial charge >= 0.3 is 6.03 Å². The van der Waals surface area contributed by atoms with Crippen molar-refractivity contribution in [3.63, 3.8) is 0 Å². The van der Waals surface area contributed by atoms with Crippen molar-refractivity contribution in [1.82, 2.24) is 21.3 Å². The Hall–Kier alpha value is -3.30. The van der Waals surface area contributed by atoms with E-state index in [0.29, 0.717) is 35.9 Å². The molecule has 1 aliphatic rings. The van der Waals surface area contributed by atoms with Crippen LogP contribution in [0, 0.1) is 11.8 Å². The number of methoxy groups -OCH3 is 2. The summed E-state index contributed by atoms with van der Waals surface area (Å²) in [6.07, 6.45) is 5.19. The van der Waals surface area contributed by atoms with E-state index in [4.69, 9.17) is 9.47 Å². The molecule has 2 atom stereocenters. The predicted octanol–water partition coefficient (Wildman–Crippen LogP) is 2.69. The van der Waals surface area contributed by atoms with Crippen LogP contribution in [0.1, 0.15) is 64.9 Å². The van der Waals surface area contributed by atoms with Crippen LogP contribution in [0.4, 0.5) is 4.79 Å². The lowest BCUT2D eigenvalue weighted by Crippen LogP contribution is -2.55. The highest BCUT2D eigenvalue weighted by Crippen LogP contribution is 2.24. The Kier molecular flexibility index (Phi) is 12.2. The van der Waals surface area contributed by atoms with Crippen molar-refractivity contribution in [2.75, 3.05) is 20.8 Å². The lowest BCUT2D eigenvalue weighted by atomic mass is 10.0. The van der Waals surface area contributed by atoms with Crippen molar-refractivity contribution < 1.29 is 28.7 Å². The van der Waals surface area contributed by atoms with E-state index in [2.05, 4.69) is 21.3 Å². The number of ketones is 1. The van der Waals surface area contributed by atoms with Crippen molar-refractivity contribution >= 4 is 23.6 Å². The second kappa shape index (κ2) is 15.1. The monoisotopic (exact) mass is 518 g/mol. The zero-order chi connectivity index (χ0) is 27.4. The predicted molar refractivity (Wildman–Crippen MR) is 140 cm³/mol. The molecule has 0 bridgehead atoms. The Bertz CT molecular complexity index is 907. The van der Waals surface area contributed by atoms with Gasteiger partial charge in [-0.2, -0.15) is 0 Å². The SMILES string of the molecule is CCC(NC(=O)[C@H](CC(C)C)NC(=O)NCC1CCCC1)C(=O)C(=O)NCc1cc(OC)cc(OC)c1. The number of hydrogen-bond acceptors (Lipinski definition) is 6. The maximum atomic E-state index is 13.0. The summed E-state index contributed by atoms with van der Waals surface area (Å²) in [6.45, 7) is 6.27. The smallest absolute Gasteiger partial charge is 0.315 e.